The number of fused-ring (bicyclic) bond motifs is 6. The van der Waals surface area contributed by atoms with Gasteiger partial charge in [-0.1, -0.05) is 50.2 Å². The van der Waals surface area contributed by atoms with Gasteiger partial charge in [-0.3, -0.25) is 9.13 Å². The van der Waals surface area contributed by atoms with Crippen molar-refractivity contribution in [2.75, 3.05) is 0 Å². The minimum absolute atomic E-state index is 0.411. The molecular weight excluding hydrogens is 528 g/mol. The van der Waals surface area contributed by atoms with Crippen LogP contribution in [0.25, 0.3) is 55.2 Å². The number of hydrogen-bond acceptors (Lipinski definition) is 3. The number of rotatable bonds is 5. The number of para-hydroxylation sites is 2. The molecule has 0 radical (unpaired) electrons. The molecule has 4 heterocycles. The summed E-state index contributed by atoms with van der Waals surface area (Å²) in [6.45, 7) is 6.52. The van der Waals surface area contributed by atoms with Gasteiger partial charge in [-0.2, -0.15) is 0 Å². The zero-order chi connectivity index (χ0) is 29.1. The Morgan fingerprint density at radius 1 is 0.535 bits per heavy atom. The third-order valence-corrected chi connectivity index (χ3v) is 8.32. The molecule has 0 atom stereocenters. The minimum atomic E-state index is 0.411. The zero-order valence-electron chi connectivity index (χ0n) is 24.3. The van der Waals surface area contributed by atoms with Crippen LogP contribution >= 0.6 is 0 Å². The lowest BCUT2D eigenvalue weighted by Crippen LogP contribution is -1.99. The number of nitrogens with zero attached hydrogens (tertiary/aromatic N) is 4. The molecule has 0 aliphatic carbocycles. The Bertz CT molecular complexity index is 2330. The van der Waals surface area contributed by atoms with Crippen molar-refractivity contribution >= 4 is 43.6 Å². The summed E-state index contributed by atoms with van der Waals surface area (Å²) < 4.78 is 11.1. The number of aryl methyl sites for hydroxylation is 1. The fraction of sp³-hybridized carbons (Fsp3) is 0.105. The Balaban J connectivity index is 1.28. The maximum Gasteiger partial charge on any atom is 0.137 e. The highest BCUT2D eigenvalue weighted by atomic mass is 16.5. The molecule has 43 heavy (non-hydrogen) atoms. The van der Waals surface area contributed by atoms with E-state index in [0.29, 0.717) is 5.92 Å². The Kier molecular flexibility index (Phi) is 5.79. The zero-order valence-corrected chi connectivity index (χ0v) is 24.3. The lowest BCUT2D eigenvalue weighted by Gasteiger charge is -2.12. The summed E-state index contributed by atoms with van der Waals surface area (Å²) in [5, 5.41) is 4.71. The largest absolute Gasteiger partial charge is 0.457 e. The Morgan fingerprint density at radius 3 is 1.60 bits per heavy atom. The molecule has 8 aromatic rings. The number of ether oxygens (including phenoxy) is 1. The van der Waals surface area contributed by atoms with E-state index in [9.17, 15) is 0 Å². The minimum Gasteiger partial charge on any atom is -0.457 e. The molecule has 0 saturated carbocycles. The molecule has 0 aliphatic rings. The molecule has 5 nitrogen and oxygen atoms in total. The van der Waals surface area contributed by atoms with E-state index in [0.717, 1.165) is 50.6 Å². The summed E-state index contributed by atoms with van der Waals surface area (Å²) in [4.78, 5) is 9.51. The molecule has 0 bridgehead atoms. The molecule has 0 fully saturated rings. The van der Waals surface area contributed by atoms with Crippen molar-refractivity contribution in [3.05, 3.63) is 133 Å². The van der Waals surface area contributed by atoms with Crippen molar-refractivity contribution in [3.8, 4) is 23.1 Å². The summed E-state index contributed by atoms with van der Waals surface area (Å²) in [6, 6.07) is 38.1. The summed E-state index contributed by atoms with van der Waals surface area (Å²) in [6.07, 6.45) is 3.77. The first kappa shape index (κ1) is 25.3. The van der Waals surface area contributed by atoms with Crippen LogP contribution in [0.3, 0.4) is 0 Å². The van der Waals surface area contributed by atoms with Gasteiger partial charge in [0.25, 0.3) is 0 Å². The third-order valence-electron chi connectivity index (χ3n) is 8.32. The van der Waals surface area contributed by atoms with E-state index in [-0.39, 0.29) is 0 Å². The fourth-order valence-electron chi connectivity index (χ4n) is 6.22. The molecule has 5 heteroatoms. The summed E-state index contributed by atoms with van der Waals surface area (Å²) in [5.41, 5.74) is 6.79. The predicted octanol–water partition coefficient (Wildman–Crippen LogP) is 9.89. The van der Waals surface area contributed by atoms with E-state index in [1.807, 2.05) is 18.5 Å². The first-order chi connectivity index (χ1) is 21.0. The SMILES string of the molecule is Cc1ccnc(-n2c3ccccc3c3ccc(Oc4ccc5c6ccccc6n(-c6cc(C(C)C)ccn6)c5c4)cc32)c1. The number of benzene rings is 4. The topological polar surface area (TPSA) is 44.9 Å². The van der Waals surface area contributed by atoms with Gasteiger partial charge in [-0.15, -0.1) is 0 Å². The van der Waals surface area contributed by atoms with Crippen molar-refractivity contribution < 1.29 is 4.74 Å². The van der Waals surface area contributed by atoms with Gasteiger partial charge >= 0.3 is 0 Å². The highest BCUT2D eigenvalue weighted by molar-refractivity contribution is 6.10. The highest BCUT2D eigenvalue weighted by Crippen LogP contribution is 2.38. The maximum atomic E-state index is 6.59. The molecule has 4 aromatic carbocycles. The van der Waals surface area contributed by atoms with E-state index >= 15 is 0 Å². The lowest BCUT2D eigenvalue weighted by molar-refractivity contribution is 0.484. The summed E-state index contributed by atoms with van der Waals surface area (Å²) in [7, 11) is 0. The van der Waals surface area contributed by atoms with Crippen molar-refractivity contribution in [3.63, 3.8) is 0 Å². The van der Waals surface area contributed by atoms with E-state index in [4.69, 9.17) is 14.7 Å². The average Bonchev–Trinajstić information content (AvgIpc) is 3.53. The molecule has 0 unspecified atom stereocenters. The lowest BCUT2D eigenvalue weighted by atomic mass is 10.1. The van der Waals surface area contributed by atoms with Gasteiger partial charge in [0, 0.05) is 46.1 Å². The molecule has 8 rings (SSSR count). The first-order valence-electron chi connectivity index (χ1n) is 14.7. The van der Waals surface area contributed by atoms with Crippen LogP contribution in [0.5, 0.6) is 11.5 Å². The van der Waals surface area contributed by atoms with E-state index in [1.54, 1.807) is 0 Å². The maximum absolute atomic E-state index is 6.59. The van der Waals surface area contributed by atoms with E-state index in [2.05, 4.69) is 133 Å². The Hall–Kier alpha value is -5.42. The van der Waals surface area contributed by atoms with Gasteiger partial charge in [0.05, 0.1) is 22.1 Å². The molecule has 0 saturated heterocycles. The molecule has 0 amide bonds. The summed E-state index contributed by atoms with van der Waals surface area (Å²) in [5.74, 6) is 3.75. The standard InChI is InChI=1S/C38H30N4O/c1-24(2)26-17-19-40-38(21-26)42-34-11-7-5-9-30(34)32-15-13-28(23-36(32)42)43-27-12-14-31-29-8-4-6-10-33(29)41(35(31)22-27)37-20-25(3)16-18-39-37/h4-24H,1-3H3. The van der Waals surface area contributed by atoms with Gasteiger partial charge in [0.15, 0.2) is 0 Å². The van der Waals surface area contributed by atoms with Gasteiger partial charge in [-0.25, -0.2) is 9.97 Å². The van der Waals surface area contributed by atoms with Crippen LogP contribution in [0.4, 0.5) is 0 Å². The molecular formula is C38H30N4O. The quantitative estimate of drug-likeness (QED) is 0.211. The number of hydrogen-bond donors (Lipinski definition) is 0. The molecule has 0 spiro atoms. The van der Waals surface area contributed by atoms with Crippen LogP contribution < -0.4 is 4.74 Å². The van der Waals surface area contributed by atoms with Gasteiger partial charge in [-0.05, 0) is 84.6 Å². The number of pyridine rings is 2. The molecule has 208 valence electrons. The fourth-order valence-corrected chi connectivity index (χ4v) is 6.22. The van der Waals surface area contributed by atoms with E-state index in [1.165, 1.54) is 27.3 Å². The third kappa shape index (κ3) is 4.16. The second-order valence-electron chi connectivity index (χ2n) is 11.5. The summed E-state index contributed by atoms with van der Waals surface area (Å²) >= 11 is 0. The van der Waals surface area contributed by atoms with Gasteiger partial charge in [0.1, 0.15) is 23.1 Å². The van der Waals surface area contributed by atoms with Crippen LogP contribution in [0, 0.1) is 6.92 Å². The Labute approximate surface area is 249 Å². The van der Waals surface area contributed by atoms with Gasteiger partial charge in [0.2, 0.25) is 0 Å². The van der Waals surface area contributed by atoms with Crippen molar-refractivity contribution in [2.45, 2.75) is 26.7 Å². The molecule has 4 aromatic heterocycles. The highest BCUT2D eigenvalue weighted by Gasteiger charge is 2.17. The predicted molar refractivity (Wildman–Crippen MR) is 176 cm³/mol. The van der Waals surface area contributed by atoms with Crippen molar-refractivity contribution in [2.24, 2.45) is 0 Å². The normalized spacial score (nSPS) is 11.8. The second-order valence-corrected chi connectivity index (χ2v) is 11.5. The smallest absolute Gasteiger partial charge is 0.137 e. The van der Waals surface area contributed by atoms with Crippen LogP contribution in [0.15, 0.2) is 122 Å². The van der Waals surface area contributed by atoms with Crippen LogP contribution in [-0.2, 0) is 0 Å². The van der Waals surface area contributed by atoms with Crippen molar-refractivity contribution in [1.29, 1.82) is 0 Å². The molecule has 0 aliphatic heterocycles. The van der Waals surface area contributed by atoms with Crippen LogP contribution in [0.1, 0.15) is 30.9 Å². The first-order valence-corrected chi connectivity index (χ1v) is 14.7. The Morgan fingerprint density at radius 2 is 1.05 bits per heavy atom. The van der Waals surface area contributed by atoms with E-state index < -0.39 is 0 Å². The van der Waals surface area contributed by atoms with Crippen LogP contribution in [-0.4, -0.2) is 19.1 Å². The van der Waals surface area contributed by atoms with Gasteiger partial charge < -0.3 is 4.74 Å². The average molecular weight is 559 g/mol. The van der Waals surface area contributed by atoms with Crippen molar-refractivity contribution in [1.82, 2.24) is 19.1 Å². The number of aromatic nitrogens is 4. The second kappa shape index (κ2) is 9.85. The molecule has 0 N–H and O–H groups in total. The van der Waals surface area contributed by atoms with Crippen LogP contribution in [0.2, 0.25) is 0 Å². The monoisotopic (exact) mass is 558 g/mol.